The third-order valence-corrected chi connectivity index (χ3v) is 4.34. The molecule has 1 heterocycles. The average Bonchev–Trinajstić information content (AvgIpc) is 3.03. The molecule has 2 aromatic carbocycles. The second-order valence-electron chi connectivity index (χ2n) is 5.44. The molecule has 4 N–H and O–H groups in total. The molecule has 0 saturated heterocycles. The van der Waals surface area contributed by atoms with Crippen LogP contribution in [0.25, 0.3) is 11.3 Å². The van der Waals surface area contributed by atoms with E-state index < -0.39 is 0 Å². The smallest absolute Gasteiger partial charge is 0.230 e. The number of benzene rings is 2. The van der Waals surface area contributed by atoms with Gasteiger partial charge in [0.05, 0.1) is 18.7 Å². The number of aliphatic hydroxyl groups excluding tert-OH is 1. The van der Waals surface area contributed by atoms with Crippen LogP contribution >= 0.6 is 11.3 Å². The number of phenols is 2. The molecule has 0 spiro atoms. The van der Waals surface area contributed by atoms with Gasteiger partial charge >= 0.3 is 0 Å². The highest BCUT2D eigenvalue weighted by Crippen LogP contribution is 2.33. The molecule has 7 heteroatoms. The highest BCUT2D eigenvalue weighted by atomic mass is 32.1. The molecule has 25 heavy (non-hydrogen) atoms. The number of aliphatic hydroxyl groups is 1. The van der Waals surface area contributed by atoms with Crippen LogP contribution in [0.2, 0.25) is 0 Å². The topological polar surface area (TPSA) is 103 Å². The van der Waals surface area contributed by atoms with Crippen LogP contribution in [0, 0.1) is 0 Å². The molecule has 0 saturated carbocycles. The van der Waals surface area contributed by atoms with Gasteiger partial charge in [0.2, 0.25) is 5.91 Å². The number of anilines is 1. The van der Waals surface area contributed by atoms with Crippen LogP contribution in [0.15, 0.2) is 47.8 Å². The first-order valence-electron chi connectivity index (χ1n) is 7.51. The molecule has 0 aliphatic carbocycles. The molecule has 128 valence electrons. The second kappa shape index (κ2) is 7.33. The number of hydrogen-bond donors (Lipinski definition) is 4. The van der Waals surface area contributed by atoms with Crippen LogP contribution < -0.4 is 5.32 Å². The summed E-state index contributed by atoms with van der Waals surface area (Å²) in [7, 11) is 0. The zero-order chi connectivity index (χ0) is 17.8. The van der Waals surface area contributed by atoms with E-state index in [0.717, 1.165) is 11.1 Å². The van der Waals surface area contributed by atoms with Gasteiger partial charge in [0.25, 0.3) is 0 Å². The molecule has 3 aromatic rings. The standard InChI is InChI=1S/C18H16N2O4S/c21-9-12-3-1-11(2-4-12)7-17(24)20-18-19-15(10-25-18)14-6-5-13(22)8-16(14)23/h1-6,8,10,21-23H,7,9H2,(H,19,20,24). The number of nitrogens with zero attached hydrogens (tertiary/aromatic N) is 1. The molecule has 0 aliphatic rings. The summed E-state index contributed by atoms with van der Waals surface area (Å²) in [5.74, 6) is -0.308. The van der Waals surface area contributed by atoms with Crippen molar-refractivity contribution in [1.82, 2.24) is 4.98 Å². The van der Waals surface area contributed by atoms with Crippen LogP contribution in [0.4, 0.5) is 5.13 Å². The Balaban J connectivity index is 1.67. The lowest BCUT2D eigenvalue weighted by Crippen LogP contribution is -2.14. The van der Waals surface area contributed by atoms with Gasteiger partial charge in [0, 0.05) is 17.0 Å². The van der Waals surface area contributed by atoms with Crippen molar-refractivity contribution in [2.75, 3.05) is 5.32 Å². The number of carbonyl (C=O) groups excluding carboxylic acids is 1. The molecule has 1 aromatic heterocycles. The van der Waals surface area contributed by atoms with E-state index in [-0.39, 0.29) is 30.4 Å². The molecule has 3 rings (SSSR count). The van der Waals surface area contributed by atoms with Crippen LogP contribution in [-0.4, -0.2) is 26.2 Å². The minimum absolute atomic E-state index is 0.0293. The van der Waals surface area contributed by atoms with Gasteiger partial charge in [-0.3, -0.25) is 4.79 Å². The third kappa shape index (κ3) is 4.14. The second-order valence-corrected chi connectivity index (χ2v) is 6.30. The summed E-state index contributed by atoms with van der Waals surface area (Å²) in [4.78, 5) is 16.4. The van der Waals surface area contributed by atoms with Crippen LogP contribution in [0.5, 0.6) is 11.5 Å². The van der Waals surface area contributed by atoms with Gasteiger partial charge in [-0.2, -0.15) is 0 Å². The zero-order valence-electron chi connectivity index (χ0n) is 13.1. The van der Waals surface area contributed by atoms with Gasteiger partial charge < -0.3 is 20.6 Å². The normalized spacial score (nSPS) is 10.6. The van der Waals surface area contributed by atoms with Crippen molar-refractivity contribution in [2.24, 2.45) is 0 Å². The fourth-order valence-corrected chi connectivity index (χ4v) is 3.03. The summed E-state index contributed by atoms with van der Waals surface area (Å²) in [5.41, 5.74) is 2.63. The fourth-order valence-electron chi connectivity index (χ4n) is 2.30. The van der Waals surface area contributed by atoms with Gasteiger partial charge in [0.15, 0.2) is 5.13 Å². The lowest BCUT2D eigenvalue weighted by molar-refractivity contribution is -0.115. The number of carbonyl (C=O) groups is 1. The van der Waals surface area contributed by atoms with E-state index in [1.54, 1.807) is 35.7 Å². The minimum atomic E-state index is -0.201. The molecule has 1 amide bonds. The molecular weight excluding hydrogens is 340 g/mol. The van der Waals surface area contributed by atoms with Gasteiger partial charge in [-0.1, -0.05) is 24.3 Å². The highest BCUT2D eigenvalue weighted by molar-refractivity contribution is 7.14. The number of hydrogen-bond acceptors (Lipinski definition) is 6. The van der Waals surface area contributed by atoms with Crippen molar-refractivity contribution >= 4 is 22.4 Å². The monoisotopic (exact) mass is 356 g/mol. The van der Waals surface area contributed by atoms with Crippen molar-refractivity contribution in [3.63, 3.8) is 0 Å². The number of rotatable bonds is 5. The van der Waals surface area contributed by atoms with Crippen LogP contribution in [0.3, 0.4) is 0 Å². The van der Waals surface area contributed by atoms with E-state index in [1.807, 2.05) is 0 Å². The predicted molar refractivity (Wildman–Crippen MR) is 95.6 cm³/mol. The molecule has 0 unspecified atom stereocenters. The number of amides is 1. The zero-order valence-corrected chi connectivity index (χ0v) is 14.0. The van der Waals surface area contributed by atoms with Crippen molar-refractivity contribution in [1.29, 1.82) is 0 Å². The molecular formula is C18H16N2O4S. The summed E-state index contributed by atoms with van der Waals surface area (Å²) in [6, 6.07) is 11.4. The number of thiazole rings is 1. The van der Waals surface area contributed by atoms with Gasteiger partial charge in [0.1, 0.15) is 11.5 Å². The maximum Gasteiger partial charge on any atom is 0.230 e. The molecule has 6 nitrogen and oxygen atoms in total. The average molecular weight is 356 g/mol. The highest BCUT2D eigenvalue weighted by Gasteiger charge is 2.12. The number of aromatic hydroxyl groups is 2. The molecule has 0 fully saturated rings. The van der Waals surface area contributed by atoms with Crippen molar-refractivity contribution in [3.05, 3.63) is 59.0 Å². The Morgan fingerprint density at radius 2 is 1.80 bits per heavy atom. The summed E-state index contributed by atoms with van der Waals surface area (Å²) in [6.07, 6.45) is 0.199. The van der Waals surface area contributed by atoms with E-state index in [0.29, 0.717) is 16.4 Å². The molecule has 0 radical (unpaired) electrons. The first-order valence-corrected chi connectivity index (χ1v) is 8.39. The number of aromatic nitrogens is 1. The van der Waals surface area contributed by atoms with Gasteiger partial charge in [-0.15, -0.1) is 11.3 Å². The SMILES string of the molecule is O=C(Cc1ccc(CO)cc1)Nc1nc(-c2ccc(O)cc2O)cs1. The molecule has 0 aliphatic heterocycles. The lowest BCUT2D eigenvalue weighted by atomic mass is 10.1. The van der Waals surface area contributed by atoms with Crippen molar-refractivity contribution < 1.29 is 20.1 Å². The minimum Gasteiger partial charge on any atom is -0.508 e. The van der Waals surface area contributed by atoms with E-state index in [9.17, 15) is 15.0 Å². The van der Waals surface area contributed by atoms with E-state index >= 15 is 0 Å². The Hall–Kier alpha value is -2.90. The Morgan fingerprint density at radius 1 is 1.08 bits per heavy atom. The maximum absolute atomic E-state index is 12.1. The maximum atomic E-state index is 12.1. The van der Waals surface area contributed by atoms with Crippen molar-refractivity contribution in [2.45, 2.75) is 13.0 Å². The summed E-state index contributed by atoms with van der Waals surface area (Å²) >= 11 is 1.25. The summed E-state index contributed by atoms with van der Waals surface area (Å²) in [6.45, 7) is -0.0293. The Kier molecular flexibility index (Phi) is 4.97. The largest absolute Gasteiger partial charge is 0.508 e. The Labute approximate surface area is 148 Å². The quantitative estimate of drug-likeness (QED) is 0.563. The third-order valence-electron chi connectivity index (χ3n) is 3.58. The van der Waals surface area contributed by atoms with Crippen LogP contribution in [-0.2, 0) is 17.8 Å². The lowest BCUT2D eigenvalue weighted by Gasteiger charge is -2.04. The van der Waals surface area contributed by atoms with E-state index in [2.05, 4.69) is 10.3 Å². The van der Waals surface area contributed by atoms with Crippen molar-refractivity contribution in [3.8, 4) is 22.8 Å². The van der Waals surface area contributed by atoms with E-state index in [4.69, 9.17) is 5.11 Å². The molecule has 0 bridgehead atoms. The Morgan fingerprint density at radius 3 is 2.48 bits per heavy atom. The fraction of sp³-hybridized carbons (Fsp3) is 0.111. The first kappa shape index (κ1) is 16.9. The van der Waals surface area contributed by atoms with Gasteiger partial charge in [-0.05, 0) is 23.3 Å². The summed E-state index contributed by atoms with van der Waals surface area (Å²) < 4.78 is 0. The molecule has 0 atom stereocenters. The summed E-state index contributed by atoms with van der Waals surface area (Å²) in [5, 5.41) is 33.1. The van der Waals surface area contributed by atoms with Gasteiger partial charge in [-0.25, -0.2) is 4.98 Å². The van der Waals surface area contributed by atoms with Crippen LogP contribution in [0.1, 0.15) is 11.1 Å². The Bertz CT molecular complexity index is 890. The van der Waals surface area contributed by atoms with E-state index in [1.165, 1.54) is 23.5 Å². The predicted octanol–water partition coefficient (Wildman–Crippen LogP) is 2.89. The number of phenolic OH excluding ortho intramolecular Hbond substituents is 2. The number of nitrogens with one attached hydrogen (secondary N) is 1. The first-order chi connectivity index (χ1) is 12.0.